The van der Waals surface area contributed by atoms with E-state index in [1.54, 1.807) is 0 Å². The summed E-state index contributed by atoms with van der Waals surface area (Å²) in [5.41, 5.74) is 5.32. The zero-order valence-corrected chi connectivity index (χ0v) is 33.1. The summed E-state index contributed by atoms with van der Waals surface area (Å²) in [5, 5.41) is 8.86. The number of carbonyl (C=O) groups excluding carboxylic acids is 2. The molecule has 0 aliphatic heterocycles. The molecule has 0 aromatic carbocycles. The second kappa shape index (κ2) is 35.3. The van der Waals surface area contributed by atoms with E-state index in [0.717, 1.165) is 38.5 Å². The first-order chi connectivity index (χ1) is 24.6. The summed E-state index contributed by atoms with van der Waals surface area (Å²) in [6, 6.07) is -1.52. The monoisotopic (exact) mass is 748 g/mol. The minimum Gasteiger partial charge on any atom is -0.480 e. The van der Waals surface area contributed by atoms with Crippen LogP contribution in [-0.4, -0.2) is 59.9 Å². The van der Waals surface area contributed by atoms with Gasteiger partial charge in [0.25, 0.3) is 0 Å². The van der Waals surface area contributed by atoms with Gasteiger partial charge in [-0.05, 0) is 38.5 Å². The molecular formula is C39H74NO10P. The summed E-state index contributed by atoms with van der Waals surface area (Å²) in [4.78, 5) is 45.8. The van der Waals surface area contributed by atoms with Gasteiger partial charge in [-0.3, -0.25) is 23.4 Å². The van der Waals surface area contributed by atoms with E-state index in [0.29, 0.717) is 12.8 Å². The van der Waals surface area contributed by atoms with Crippen molar-refractivity contribution >= 4 is 25.7 Å². The van der Waals surface area contributed by atoms with Gasteiger partial charge in [-0.25, -0.2) is 4.57 Å². The molecular weight excluding hydrogens is 673 g/mol. The van der Waals surface area contributed by atoms with Crippen molar-refractivity contribution in [2.75, 3.05) is 19.8 Å². The predicted molar refractivity (Wildman–Crippen MR) is 203 cm³/mol. The van der Waals surface area contributed by atoms with Crippen LogP contribution in [0.2, 0.25) is 0 Å². The van der Waals surface area contributed by atoms with Crippen LogP contribution in [0, 0.1) is 0 Å². The van der Waals surface area contributed by atoms with E-state index in [1.807, 2.05) is 0 Å². The zero-order chi connectivity index (χ0) is 37.8. The number of carboxylic acid groups (broad SMARTS) is 1. The second-order valence-corrected chi connectivity index (χ2v) is 15.2. The molecule has 0 saturated carbocycles. The molecule has 0 bridgehead atoms. The van der Waals surface area contributed by atoms with Crippen LogP contribution >= 0.6 is 7.82 Å². The van der Waals surface area contributed by atoms with Crippen LogP contribution in [0.1, 0.15) is 187 Å². The fourth-order valence-electron chi connectivity index (χ4n) is 5.53. The minimum absolute atomic E-state index is 0.135. The zero-order valence-electron chi connectivity index (χ0n) is 32.2. The lowest BCUT2D eigenvalue weighted by Gasteiger charge is -2.20. The van der Waals surface area contributed by atoms with Crippen molar-refractivity contribution in [1.29, 1.82) is 0 Å². The number of ether oxygens (including phenoxy) is 2. The van der Waals surface area contributed by atoms with Crippen molar-refractivity contribution in [2.45, 2.75) is 199 Å². The molecule has 0 spiro atoms. The molecule has 0 aliphatic rings. The third-order valence-corrected chi connectivity index (χ3v) is 9.71. The average Bonchev–Trinajstić information content (AvgIpc) is 3.10. The summed E-state index contributed by atoms with van der Waals surface area (Å²) < 4.78 is 32.6. The lowest BCUT2D eigenvalue weighted by Crippen LogP contribution is -2.34. The molecule has 0 aliphatic carbocycles. The molecule has 11 nitrogen and oxygen atoms in total. The number of hydrogen-bond acceptors (Lipinski definition) is 9. The normalized spacial score (nSPS) is 14.0. The molecule has 0 aromatic heterocycles. The summed E-state index contributed by atoms with van der Waals surface area (Å²) in [6.07, 6.45) is 32.8. The fourth-order valence-corrected chi connectivity index (χ4v) is 6.31. The minimum atomic E-state index is -4.71. The Morgan fingerprint density at radius 2 is 0.980 bits per heavy atom. The average molecular weight is 748 g/mol. The highest BCUT2D eigenvalue weighted by atomic mass is 31.2. The molecule has 51 heavy (non-hydrogen) atoms. The number of hydrogen-bond donors (Lipinski definition) is 3. The van der Waals surface area contributed by atoms with Crippen LogP contribution in [-0.2, 0) is 37.5 Å². The molecule has 0 aromatic rings. The van der Waals surface area contributed by atoms with Gasteiger partial charge in [0.1, 0.15) is 12.6 Å². The molecule has 0 heterocycles. The van der Waals surface area contributed by atoms with Crippen LogP contribution in [0.25, 0.3) is 0 Å². The number of carboxylic acids is 1. The van der Waals surface area contributed by atoms with Gasteiger partial charge in [-0.2, -0.15) is 0 Å². The first-order valence-electron chi connectivity index (χ1n) is 20.2. The number of aliphatic carboxylic acids is 1. The number of phosphoric acid groups is 1. The van der Waals surface area contributed by atoms with E-state index in [4.69, 9.17) is 24.8 Å². The Bertz CT molecular complexity index is 932. The smallest absolute Gasteiger partial charge is 0.472 e. The van der Waals surface area contributed by atoms with Crippen molar-refractivity contribution < 1.29 is 47.5 Å². The number of rotatable bonds is 38. The Kier molecular flexibility index (Phi) is 34.0. The van der Waals surface area contributed by atoms with Crippen molar-refractivity contribution in [3.05, 3.63) is 12.2 Å². The number of nitrogens with two attached hydrogens (primary N) is 1. The van der Waals surface area contributed by atoms with Crippen molar-refractivity contribution in [3.63, 3.8) is 0 Å². The Morgan fingerprint density at radius 3 is 1.47 bits per heavy atom. The SMILES string of the molecule is CCCCCCCCCCC/C=C/CCCCC(=O)O[C@H](COC(=O)CCCCCCCCCCCCCC)COP(=O)(O)OC[C@H](N)C(=O)O. The number of carbonyl (C=O) groups is 3. The third kappa shape index (κ3) is 35.0. The maximum atomic E-state index is 12.6. The van der Waals surface area contributed by atoms with Gasteiger partial charge in [0.05, 0.1) is 13.2 Å². The van der Waals surface area contributed by atoms with Crippen LogP contribution < -0.4 is 5.73 Å². The number of esters is 2. The summed E-state index contributed by atoms with van der Waals surface area (Å²) in [5.74, 6) is -2.40. The Hall–Kier alpha value is -1.78. The molecule has 0 saturated heterocycles. The largest absolute Gasteiger partial charge is 0.480 e. The number of phosphoric ester groups is 1. The first kappa shape index (κ1) is 49.2. The highest BCUT2D eigenvalue weighted by Crippen LogP contribution is 2.43. The van der Waals surface area contributed by atoms with Gasteiger partial charge in [-0.1, -0.05) is 148 Å². The van der Waals surface area contributed by atoms with Gasteiger partial charge >= 0.3 is 25.7 Å². The van der Waals surface area contributed by atoms with Gasteiger partial charge in [0.2, 0.25) is 0 Å². The predicted octanol–water partition coefficient (Wildman–Crippen LogP) is 10.1. The Morgan fingerprint density at radius 1 is 0.588 bits per heavy atom. The summed E-state index contributed by atoms with van der Waals surface area (Å²) >= 11 is 0. The molecule has 12 heteroatoms. The van der Waals surface area contributed by atoms with Crippen molar-refractivity contribution in [2.24, 2.45) is 5.73 Å². The highest BCUT2D eigenvalue weighted by Gasteiger charge is 2.28. The maximum Gasteiger partial charge on any atom is 0.472 e. The van der Waals surface area contributed by atoms with Crippen LogP contribution in [0.15, 0.2) is 12.2 Å². The highest BCUT2D eigenvalue weighted by molar-refractivity contribution is 7.47. The molecule has 1 unspecified atom stereocenters. The van der Waals surface area contributed by atoms with Gasteiger partial charge in [0.15, 0.2) is 6.10 Å². The third-order valence-electron chi connectivity index (χ3n) is 8.76. The number of unbranched alkanes of at least 4 members (excludes halogenated alkanes) is 22. The first-order valence-corrected chi connectivity index (χ1v) is 21.7. The van der Waals surface area contributed by atoms with E-state index in [-0.39, 0.29) is 19.4 Å². The van der Waals surface area contributed by atoms with E-state index >= 15 is 0 Å². The van der Waals surface area contributed by atoms with Gasteiger partial charge < -0.3 is 25.2 Å². The van der Waals surface area contributed by atoms with Crippen LogP contribution in [0.4, 0.5) is 0 Å². The Balaban J connectivity index is 4.42. The topological polar surface area (TPSA) is 172 Å². The molecule has 0 fully saturated rings. The van der Waals surface area contributed by atoms with Crippen LogP contribution in [0.5, 0.6) is 0 Å². The van der Waals surface area contributed by atoms with E-state index in [1.165, 1.54) is 109 Å². The summed E-state index contributed by atoms with van der Waals surface area (Å²) in [6.45, 7) is 2.78. The maximum absolute atomic E-state index is 12.6. The lowest BCUT2D eigenvalue weighted by molar-refractivity contribution is -0.161. The fraction of sp³-hybridized carbons (Fsp3) is 0.872. The molecule has 4 N–H and O–H groups in total. The number of allylic oxidation sites excluding steroid dienone is 2. The standard InChI is InChI=1S/C39H74NO10P/c1-3-5-7-9-11-13-15-17-18-19-21-23-25-27-29-31-38(42)50-35(33-48-51(45,46)49-34-36(40)39(43)44)32-47-37(41)30-28-26-24-22-20-16-14-12-10-8-6-4-2/h21,23,35-36H,3-20,22,24-34,40H2,1-2H3,(H,43,44)(H,45,46)/b23-21+/t35-,36+/m1/s1. The molecule has 0 amide bonds. The van der Waals surface area contributed by atoms with Crippen LogP contribution in [0.3, 0.4) is 0 Å². The van der Waals surface area contributed by atoms with Crippen molar-refractivity contribution in [1.82, 2.24) is 0 Å². The van der Waals surface area contributed by atoms with Gasteiger partial charge in [0, 0.05) is 12.8 Å². The molecule has 0 radical (unpaired) electrons. The quantitative estimate of drug-likeness (QED) is 0.0237. The van der Waals surface area contributed by atoms with E-state index in [2.05, 4.69) is 30.5 Å². The van der Waals surface area contributed by atoms with Gasteiger partial charge in [-0.15, -0.1) is 0 Å². The second-order valence-electron chi connectivity index (χ2n) is 13.8. The molecule has 3 atom stereocenters. The van der Waals surface area contributed by atoms with E-state index in [9.17, 15) is 23.8 Å². The lowest BCUT2D eigenvalue weighted by atomic mass is 10.0. The summed E-state index contributed by atoms with van der Waals surface area (Å²) in [7, 11) is -4.71. The molecule has 0 rings (SSSR count). The van der Waals surface area contributed by atoms with Crippen molar-refractivity contribution in [3.8, 4) is 0 Å². The molecule has 300 valence electrons. The van der Waals surface area contributed by atoms with E-state index < -0.39 is 51.1 Å². The Labute approximate surface area is 309 Å².